The minimum absolute atomic E-state index is 0.132. The molecule has 1 aliphatic rings. The Labute approximate surface area is 199 Å². The van der Waals surface area contributed by atoms with Crippen molar-refractivity contribution < 1.29 is 9.47 Å². The standard InChI is InChI=1S/C27H18N4O2S/c1-32-18-11-8-17(9-12-18)22-23-19-6-3-2-5-16(19)10-13-20(23)33-27-24(22)26-29-25(21-7-4-14-34-21)30-31(26)15-28-27/h2-15,22H,1H3. The minimum Gasteiger partial charge on any atom is -0.497 e. The highest BCUT2D eigenvalue weighted by Gasteiger charge is 2.34. The monoisotopic (exact) mass is 462 g/mol. The Balaban J connectivity index is 1.54. The van der Waals surface area contributed by atoms with Crippen LogP contribution in [0.15, 0.2) is 84.5 Å². The molecule has 164 valence electrons. The third-order valence-corrected chi connectivity index (χ3v) is 7.16. The minimum atomic E-state index is -0.132. The van der Waals surface area contributed by atoms with E-state index in [9.17, 15) is 0 Å². The second-order valence-electron chi connectivity index (χ2n) is 8.15. The third kappa shape index (κ3) is 2.84. The molecular formula is C27H18N4O2S. The highest BCUT2D eigenvalue weighted by Crippen LogP contribution is 2.50. The van der Waals surface area contributed by atoms with E-state index in [1.54, 1.807) is 29.3 Å². The van der Waals surface area contributed by atoms with Crippen molar-refractivity contribution in [2.75, 3.05) is 7.11 Å². The maximum atomic E-state index is 6.38. The second kappa shape index (κ2) is 7.40. The van der Waals surface area contributed by atoms with Crippen LogP contribution in [0.3, 0.4) is 0 Å². The molecule has 7 heteroatoms. The van der Waals surface area contributed by atoms with Gasteiger partial charge in [-0.25, -0.2) is 14.5 Å². The molecule has 6 nitrogen and oxygen atoms in total. The Morgan fingerprint density at radius 3 is 2.65 bits per heavy atom. The number of hydrogen-bond donors (Lipinski definition) is 0. The van der Waals surface area contributed by atoms with Gasteiger partial charge >= 0.3 is 0 Å². The van der Waals surface area contributed by atoms with E-state index in [0.29, 0.717) is 11.7 Å². The third-order valence-electron chi connectivity index (χ3n) is 6.29. The predicted octanol–water partition coefficient (Wildman–Crippen LogP) is 6.30. The summed E-state index contributed by atoms with van der Waals surface area (Å²) in [5.41, 5.74) is 3.87. The largest absolute Gasteiger partial charge is 0.497 e. The maximum absolute atomic E-state index is 6.38. The molecule has 1 aliphatic heterocycles. The Morgan fingerprint density at radius 1 is 0.941 bits per heavy atom. The van der Waals surface area contributed by atoms with Gasteiger partial charge in [0.05, 0.1) is 17.6 Å². The van der Waals surface area contributed by atoms with Crippen molar-refractivity contribution in [3.8, 4) is 28.1 Å². The molecule has 0 N–H and O–H groups in total. The van der Waals surface area contributed by atoms with E-state index in [1.165, 1.54) is 0 Å². The molecule has 3 aromatic heterocycles. The molecule has 0 bridgehead atoms. The molecule has 0 aliphatic carbocycles. The number of thiophene rings is 1. The van der Waals surface area contributed by atoms with E-state index < -0.39 is 0 Å². The summed E-state index contributed by atoms with van der Waals surface area (Å²) in [4.78, 5) is 10.6. The lowest BCUT2D eigenvalue weighted by Gasteiger charge is -2.29. The fourth-order valence-electron chi connectivity index (χ4n) is 4.74. The first-order valence-corrected chi connectivity index (χ1v) is 11.8. The summed E-state index contributed by atoms with van der Waals surface area (Å²) in [5, 5.41) is 9.05. The van der Waals surface area contributed by atoms with E-state index in [0.717, 1.165) is 49.5 Å². The average molecular weight is 463 g/mol. The summed E-state index contributed by atoms with van der Waals surface area (Å²) in [6.07, 6.45) is 1.68. The second-order valence-corrected chi connectivity index (χ2v) is 9.10. The van der Waals surface area contributed by atoms with Gasteiger partial charge in [0.1, 0.15) is 17.8 Å². The van der Waals surface area contributed by atoms with Gasteiger partial charge in [-0.15, -0.1) is 16.4 Å². The van der Waals surface area contributed by atoms with Crippen LogP contribution >= 0.6 is 11.3 Å². The normalized spacial score (nSPS) is 14.6. The van der Waals surface area contributed by atoms with Crippen LogP contribution < -0.4 is 9.47 Å². The highest BCUT2D eigenvalue weighted by molar-refractivity contribution is 7.13. The zero-order valence-electron chi connectivity index (χ0n) is 18.2. The van der Waals surface area contributed by atoms with Crippen LogP contribution in [0.2, 0.25) is 0 Å². The van der Waals surface area contributed by atoms with Crippen molar-refractivity contribution in [3.05, 3.63) is 101 Å². The van der Waals surface area contributed by atoms with Gasteiger partial charge < -0.3 is 9.47 Å². The van der Waals surface area contributed by atoms with Crippen LogP contribution in [0.4, 0.5) is 0 Å². The first-order chi connectivity index (χ1) is 16.8. The van der Waals surface area contributed by atoms with E-state index in [-0.39, 0.29) is 5.92 Å². The molecule has 3 aromatic carbocycles. The average Bonchev–Trinajstić information content (AvgIpc) is 3.57. The molecule has 0 radical (unpaired) electrons. The zero-order chi connectivity index (χ0) is 22.6. The Morgan fingerprint density at radius 2 is 1.82 bits per heavy atom. The van der Waals surface area contributed by atoms with Gasteiger partial charge in [0.15, 0.2) is 11.5 Å². The van der Waals surface area contributed by atoms with Gasteiger partial charge in [-0.2, -0.15) is 0 Å². The predicted molar refractivity (Wildman–Crippen MR) is 132 cm³/mol. The number of benzene rings is 3. The van der Waals surface area contributed by atoms with Crippen LogP contribution in [0.1, 0.15) is 22.6 Å². The Bertz CT molecular complexity index is 1670. The van der Waals surface area contributed by atoms with Gasteiger partial charge in [-0.05, 0) is 46.0 Å². The summed E-state index contributed by atoms with van der Waals surface area (Å²) in [5.74, 6) is 2.73. The Hall–Kier alpha value is -4.23. The number of nitrogens with zero attached hydrogens (tertiary/aromatic N) is 4. The lowest BCUT2D eigenvalue weighted by atomic mass is 9.81. The van der Waals surface area contributed by atoms with Crippen molar-refractivity contribution in [1.82, 2.24) is 19.6 Å². The van der Waals surface area contributed by atoms with Crippen LogP contribution in [0.25, 0.3) is 27.1 Å². The molecule has 1 atom stereocenters. The van der Waals surface area contributed by atoms with Crippen LogP contribution in [-0.2, 0) is 0 Å². The number of rotatable bonds is 3. The van der Waals surface area contributed by atoms with Crippen molar-refractivity contribution in [2.45, 2.75) is 5.92 Å². The number of ether oxygens (including phenoxy) is 2. The van der Waals surface area contributed by atoms with Crippen LogP contribution in [-0.4, -0.2) is 26.7 Å². The molecule has 1 unspecified atom stereocenters. The molecule has 0 fully saturated rings. The molecule has 4 heterocycles. The first kappa shape index (κ1) is 19.3. The molecule has 7 rings (SSSR count). The summed E-state index contributed by atoms with van der Waals surface area (Å²) >= 11 is 1.62. The maximum Gasteiger partial charge on any atom is 0.228 e. The van der Waals surface area contributed by atoms with Gasteiger partial charge in [0, 0.05) is 11.5 Å². The van der Waals surface area contributed by atoms with E-state index in [4.69, 9.17) is 19.6 Å². The molecule has 0 spiro atoms. The van der Waals surface area contributed by atoms with E-state index in [1.807, 2.05) is 35.7 Å². The summed E-state index contributed by atoms with van der Waals surface area (Å²) in [6.45, 7) is 0. The fourth-order valence-corrected chi connectivity index (χ4v) is 5.40. The molecule has 0 amide bonds. The van der Waals surface area contributed by atoms with Crippen molar-refractivity contribution in [3.63, 3.8) is 0 Å². The quantitative estimate of drug-likeness (QED) is 0.308. The van der Waals surface area contributed by atoms with Crippen molar-refractivity contribution >= 4 is 27.8 Å². The van der Waals surface area contributed by atoms with E-state index in [2.05, 4.69) is 47.4 Å². The molecular weight excluding hydrogens is 444 g/mol. The summed E-state index contributed by atoms with van der Waals surface area (Å²) in [7, 11) is 1.68. The first-order valence-electron chi connectivity index (χ1n) is 10.9. The lowest BCUT2D eigenvalue weighted by Crippen LogP contribution is -2.15. The van der Waals surface area contributed by atoms with Crippen molar-refractivity contribution in [2.24, 2.45) is 0 Å². The zero-order valence-corrected chi connectivity index (χ0v) is 19.0. The molecule has 6 aromatic rings. The Kier molecular flexibility index (Phi) is 4.19. The number of hydrogen-bond acceptors (Lipinski definition) is 6. The number of fused-ring (bicyclic) bond motifs is 6. The molecule has 0 saturated carbocycles. The van der Waals surface area contributed by atoms with Gasteiger partial charge in [0.25, 0.3) is 0 Å². The smallest absolute Gasteiger partial charge is 0.228 e. The SMILES string of the molecule is COc1ccc(C2c3c(ccc4ccccc34)Oc3ncn4nc(-c5cccs5)nc4c32)cc1. The molecule has 34 heavy (non-hydrogen) atoms. The summed E-state index contributed by atoms with van der Waals surface area (Å²) < 4.78 is 13.5. The van der Waals surface area contributed by atoms with Gasteiger partial charge in [-0.3, -0.25) is 0 Å². The van der Waals surface area contributed by atoms with Crippen molar-refractivity contribution in [1.29, 1.82) is 0 Å². The highest BCUT2D eigenvalue weighted by atomic mass is 32.1. The van der Waals surface area contributed by atoms with E-state index >= 15 is 0 Å². The fraction of sp³-hybridized carbons (Fsp3) is 0.0741. The van der Waals surface area contributed by atoms with Gasteiger partial charge in [0.2, 0.25) is 5.88 Å². The van der Waals surface area contributed by atoms with Gasteiger partial charge in [-0.1, -0.05) is 48.5 Å². The summed E-state index contributed by atoms with van der Waals surface area (Å²) in [6, 6.07) is 24.7. The lowest BCUT2D eigenvalue weighted by molar-refractivity contribution is 0.414. The molecule has 0 saturated heterocycles. The number of methoxy groups -OCH3 is 1. The number of aromatic nitrogens is 4. The van der Waals surface area contributed by atoms with Crippen LogP contribution in [0.5, 0.6) is 17.4 Å². The topological polar surface area (TPSA) is 61.5 Å². The van der Waals surface area contributed by atoms with Crippen LogP contribution in [0, 0.1) is 0 Å².